The van der Waals surface area contributed by atoms with Crippen LogP contribution in [0.4, 0.5) is 13.2 Å². The van der Waals surface area contributed by atoms with Crippen molar-refractivity contribution in [3.63, 3.8) is 0 Å². The number of H-pyrrole nitrogens is 1. The van der Waals surface area contributed by atoms with Gasteiger partial charge in [0.2, 0.25) is 0 Å². The Morgan fingerprint density at radius 3 is 2.58 bits per heavy atom. The van der Waals surface area contributed by atoms with E-state index in [1.54, 1.807) is 4.90 Å². The van der Waals surface area contributed by atoms with Crippen LogP contribution in [0.25, 0.3) is 22.0 Å². The highest BCUT2D eigenvalue weighted by Gasteiger charge is 2.31. The molecular formula is C16H13F3N2O3. The number of aromatic amines is 1. The summed E-state index contributed by atoms with van der Waals surface area (Å²) in [6.07, 6.45) is -4.43. The van der Waals surface area contributed by atoms with Crippen molar-refractivity contribution in [2.75, 3.05) is 26.3 Å². The predicted molar refractivity (Wildman–Crippen MR) is 79.8 cm³/mol. The first-order valence-corrected chi connectivity index (χ1v) is 7.43. The van der Waals surface area contributed by atoms with Crippen molar-refractivity contribution in [2.45, 2.75) is 6.18 Å². The molecule has 2 aromatic heterocycles. The summed E-state index contributed by atoms with van der Waals surface area (Å²) < 4.78 is 49.4. The molecule has 0 atom stereocenters. The predicted octanol–water partition coefficient (Wildman–Crippen LogP) is 3.41. The van der Waals surface area contributed by atoms with Crippen molar-refractivity contribution < 1.29 is 27.1 Å². The molecule has 1 saturated heterocycles. The lowest BCUT2D eigenvalue weighted by Gasteiger charge is -2.25. The molecule has 3 heterocycles. The number of halogens is 3. The van der Waals surface area contributed by atoms with Crippen molar-refractivity contribution >= 4 is 27.9 Å². The molecule has 0 unspecified atom stereocenters. The molecule has 0 spiro atoms. The van der Waals surface area contributed by atoms with Gasteiger partial charge in [0, 0.05) is 30.1 Å². The largest absolute Gasteiger partial charge is 0.449 e. The van der Waals surface area contributed by atoms with Crippen molar-refractivity contribution in [2.24, 2.45) is 0 Å². The number of nitrogens with one attached hydrogen (secondary N) is 1. The van der Waals surface area contributed by atoms with Gasteiger partial charge in [0.15, 0.2) is 11.3 Å². The summed E-state index contributed by atoms with van der Waals surface area (Å²) in [6, 6.07) is 4.93. The van der Waals surface area contributed by atoms with Gasteiger partial charge < -0.3 is 19.0 Å². The molecule has 0 aliphatic carbocycles. The maximum Gasteiger partial charge on any atom is 0.416 e. The molecule has 8 heteroatoms. The number of benzene rings is 1. The van der Waals surface area contributed by atoms with Gasteiger partial charge in [-0.15, -0.1) is 0 Å². The van der Waals surface area contributed by atoms with Gasteiger partial charge in [0.05, 0.1) is 24.3 Å². The van der Waals surface area contributed by atoms with Crippen LogP contribution in [0.5, 0.6) is 0 Å². The summed E-state index contributed by atoms with van der Waals surface area (Å²) in [5, 5.41) is 0.306. The van der Waals surface area contributed by atoms with E-state index in [1.165, 1.54) is 12.1 Å². The fourth-order valence-corrected chi connectivity index (χ4v) is 2.87. The van der Waals surface area contributed by atoms with Crippen molar-refractivity contribution in [3.8, 4) is 0 Å². The maximum atomic E-state index is 12.9. The number of fused-ring (bicyclic) bond motifs is 3. The third kappa shape index (κ3) is 2.43. The molecule has 0 radical (unpaired) electrons. The molecule has 24 heavy (non-hydrogen) atoms. The Labute approximate surface area is 134 Å². The molecule has 1 aliphatic rings. The standard InChI is InChI=1S/C16H13F3N2O3/c17-16(18,19)9-1-2-11-10(7-9)14-12(20-11)8-13(24-14)15(22)21-3-5-23-6-4-21/h1-2,7-8,20H,3-6H2. The summed E-state index contributed by atoms with van der Waals surface area (Å²) >= 11 is 0. The molecule has 1 fully saturated rings. The molecule has 0 saturated carbocycles. The number of furan rings is 1. The van der Waals surface area contributed by atoms with Crippen LogP contribution in [-0.4, -0.2) is 42.1 Å². The minimum Gasteiger partial charge on any atom is -0.449 e. The number of carbonyl (C=O) groups is 1. The molecule has 3 aromatic rings. The molecule has 1 aliphatic heterocycles. The highest BCUT2D eigenvalue weighted by Crippen LogP contribution is 2.35. The van der Waals surface area contributed by atoms with Crippen LogP contribution in [0.15, 0.2) is 28.7 Å². The van der Waals surface area contributed by atoms with Crippen LogP contribution in [0.3, 0.4) is 0 Å². The first-order chi connectivity index (χ1) is 11.4. The quantitative estimate of drug-likeness (QED) is 0.740. The number of alkyl halides is 3. The van der Waals surface area contributed by atoms with E-state index in [4.69, 9.17) is 9.15 Å². The molecule has 0 bridgehead atoms. The average molecular weight is 338 g/mol. The second-order valence-electron chi connectivity index (χ2n) is 5.64. The Kier molecular flexibility index (Phi) is 3.31. The summed E-state index contributed by atoms with van der Waals surface area (Å²) in [5.74, 6) is -0.180. The fourth-order valence-electron chi connectivity index (χ4n) is 2.87. The van der Waals surface area contributed by atoms with Gasteiger partial charge in [-0.2, -0.15) is 13.2 Å². The van der Waals surface area contributed by atoms with Gasteiger partial charge in [0.1, 0.15) is 0 Å². The fraction of sp³-hybridized carbons (Fsp3) is 0.312. The molecular weight excluding hydrogens is 325 g/mol. The Morgan fingerprint density at radius 1 is 1.12 bits per heavy atom. The second-order valence-corrected chi connectivity index (χ2v) is 5.64. The number of ether oxygens (including phenoxy) is 1. The van der Waals surface area contributed by atoms with Crippen molar-refractivity contribution in [1.29, 1.82) is 0 Å². The van der Waals surface area contributed by atoms with Gasteiger partial charge in [-0.3, -0.25) is 4.79 Å². The Balaban J connectivity index is 1.76. The third-order valence-corrected chi connectivity index (χ3v) is 4.10. The summed E-state index contributed by atoms with van der Waals surface area (Å²) in [4.78, 5) is 17.0. The lowest BCUT2D eigenvalue weighted by atomic mass is 10.1. The lowest BCUT2D eigenvalue weighted by Crippen LogP contribution is -2.40. The number of hydrogen-bond donors (Lipinski definition) is 1. The van der Waals surface area contributed by atoms with Crippen molar-refractivity contribution in [3.05, 3.63) is 35.6 Å². The van der Waals surface area contributed by atoms with E-state index in [-0.39, 0.29) is 17.3 Å². The third-order valence-electron chi connectivity index (χ3n) is 4.10. The van der Waals surface area contributed by atoms with E-state index in [0.29, 0.717) is 42.7 Å². The van der Waals surface area contributed by atoms with Crippen LogP contribution < -0.4 is 0 Å². The van der Waals surface area contributed by atoms with E-state index in [1.807, 2.05) is 0 Å². The van der Waals surface area contributed by atoms with E-state index >= 15 is 0 Å². The lowest BCUT2D eigenvalue weighted by molar-refractivity contribution is -0.137. The normalized spacial score (nSPS) is 16.2. The minimum atomic E-state index is -4.43. The van der Waals surface area contributed by atoms with E-state index in [9.17, 15) is 18.0 Å². The number of aromatic nitrogens is 1. The van der Waals surface area contributed by atoms with Crippen LogP contribution in [-0.2, 0) is 10.9 Å². The van der Waals surface area contributed by atoms with Gasteiger partial charge >= 0.3 is 6.18 Å². The minimum absolute atomic E-state index is 0.109. The van der Waals surface area contributed by atoms with Crippen LogP contribution in [0, 0.1) is 0 Å². The first-order valence-electron chi connectivity index (χ1n) is 7.43. The van der Waals surface area contributed by atoms with Crippen molar-refractivity contribution in [1.82, 2.24) is 9.88 Å². The first kappa shape index (κ1) is 15.1. The molecule has 1 amide bonds. The molecule has 126 valence electrons. The molecule has 1 aromatic carbocycles. The summed E-state index contributed by atoms with van der Waals surface area (Å²) in [6.45, 7) is 1.85. The molecule has 5 nitrogen and oxygen atoms in total. The summed E-state index contributed by atoms with van der Waals surface area (Å²) in [7, 11) is 0. The molecule has 4 rings (SSSR count). The van der Waals surface area contributed by atoms with E-state index < -0.39 is 11.7 Å². The van der Waals surface area contributed by atoms with E-state index in [0.717, 1.165) is 12.1 Å². The SMILES string of the molecule is O=C(c1cc2[nH]c3ccc(C(F)(F)F)cc3c2o1)N1CCOCC1. The Morgan fingerprint density at radius 2 is 1.88 bits per heavy atom. The topological polar surface area (TPSA) is 58.5 Å². The zero-order valence-electron chi connectivity index (χ0n) is 12.4. The number of carbonyl (C=O) groups excluding carboxylic acids is 1. The zero-order chi connectivity index (χ0) is 16.9. The summed E-state index contributed by atoms with van der Waals surface area (Å²) in [5.41, 5.74) is 0.532. The average Bonchev–Trinajstić information content (AvgIpc) is 3.11. The molecule has 1 N–H and O–H groups in total. The number of amides is 1. The number of morpholine rings is 1. The maximum absolute atomic E-state index is 12.9. The smallest absolute Gasteiger partial charge is 0.416 e. The Bertz CT molecular complexity index is 920. The van der Waals surface area contributed by atoms with Gasteiger partial charge in [-0.25, -0.2) is 0 Å². The Hall–Kier alpha value is -2.48. The highest BCUT2D eigenvalue weighted by atomic mass is 19.4. The highest BCUT2D eigenvalue weighted by molar-refractivity contribution is 6.07. The van der Waals surface area contributed by atoms with Gasteiger partial charge in [0.25, 0.3) is 5.91 Å². The van der Waals surface area contributed by atoms with Gasteiger partial charge in [-0.1, -0.05) is 0 Å². The number of rotatable bonds is 1. The monoisotopic (exact) mass is 338 g/mol. The van der Waals surface area contributed by atoms with Gasteiger partial charge in [-0.05, 0) is 18.2 Å². The van der Waals surface area contributed by atoms with Crippen LogP contribution in [0.2, 0.25) is 0 Å². The van der Waals surface area contributed by atoms with E-state index in [2.05, 4.69) is 4.98 Å². The number of nitrogens with zero attached hydrogens (tertiary/aromatic N) is 1. The number of hydrogen-bond acceptors (Lipinski definition) is 3. The van der Waals surface area contributed by atoms with Crippen LogP contribution in [0.1, 0.15) is 16.1 Å². The zero-order valence-corrected chi connectivity index (χ0v) is 12.4. The van der Waals surface area contributed by atoms with Crippen LogP contribution >= 0.6 is 0 Å². The second kappa shape index (κ2) is 5.27.